The summed E-state index contributed by atoms with van der Waals surface area (Å²) in [6.07, 6.45) is 2.08. The van der Waals surface area contributed by atoms with Gasteiger partial charge in [-0.1, -0.05) is 24.3 Å². The minimum absolute atomic E-state index is 0.0750. The van der Waals surface area contributed by atoms with Gasteiger partial charge in [0.25, 0.3) is 0 Å². The van der Waals surface area contributed by atoms with Gasteiger partial charge in [0, 0.05) is 14.1 Å². The Kier molecular flexibility index (Phi) is 4.17. The van der Waals surface area contributed by atoms with Crippen molar-refractivity contribution < 1.29 is 0 Å². The van der Waals surface area contributed by atoms with Gasteiger partial charge in [0.2, 0.25) is 0 Å². The van der Waals surface area contributed by atoms with E-state index in [0.717, 1.165) is 10.0 Å². The monoisotopic (exact) mass is 363 g/mol. The zero-order chi connectivity index (χ0) is 14.1. The van der Waals surface area contributed by atoms with Gasteiger partial charge in [-0.05, 0) is 62.3 Å². The number of hydrogen-bond acceptors (Lipinski definition) is 3. The lowest BCUT2D eigenvalue weighted by Crippen LogP contribution is -2.11. The average molecular weight is 364 g/mol. The zero-order valence-corrected chi connectivity index (χ0v) is 14.2. The van der Waals surface area contributed by atoms with E-state index in [1.165, 1.54) is 20.5 Å². The Bertz CT molecular complexity index is 734. The Hall–Kier alpha value is -0.810. The maximum atomic E-state index is 6.45. The van der Waals surface area contributed by atoms with Gasteiger partial charge in [-0.25, -0.2) is 0 Å². The van der Waals surface area contributed by atoms with Crippen molar-refractivity contribution in [3.63, 3.8) is 0 Å². The summed E-state index contributed by atoms with van der Waals surface area (Å²) in [6, 6.07) is 14.7. The van der Waals surface area contributed by atoms with Crippen LogP contribution >= 0.6 is 39.0 Å². The highest BCUT2D eigenvalue weighted by molar-refractivity contribution is 9.10. The smallest absolute Gasteiger partial charge is 0.0566 e. The molecular formula is C16H14BrNS2. The molecule has 3 aromatic rings. The van der Waals surface area contributed by atoms with Crippen molar-refractivity contribution in [2.75, 3.05) is 6.26 Å². The number of benzene rings is 2. The molecule has 2 aromatic carbocycles. The van der Waals surface area contributed by atoms with Gasteiger partial charge < -0.3 is 5.73 Å². The maximum Gasteiger partial charge on any atom is 0.0566 e. The first kappa shape index (κ1) is 14.1. The van der Waals surface area contributed by atoms with Crippen LogP contribution in [0.1, 0.15) is 17.2 Å². The average Bonchev–Trinajstić information content (AvgIpc) is 2.92. The van der Waals surface area contributed by atoms with E-state index in [4.69, 9.17) is 5.73 Å². The van der Waals surface area contributed by atoms with E-state index < -0.39 is 0 Å². The number of hydrogen-bond donors (Lipinski definition) is 1. The quantitative estimate of drug-likeness (QED) is 0.627. The van der Waals surface area contributed by atoms with Crippen LogP contribution in [0.3, 0.4) is 0 Å². The molecule has 1 heterocycles. The summed E-state index contributed by atoms with van der Waals surface area (Å²) >= 11 is 7.09. The Morgan fingerprint density at radius 3 is 2.60 bits per heavy atom. The Morgan fingerprint density at radius 2 is 1.90 bits per heavy atom. The molecule has 1 unspecified atom stereocenters. The third-order valence-electron chi connectivity index (χ3n) is 3.39. The lowest BCUT2D eigenvalue weighted by molar-refractivity contribution is 0.883. The summed E-state index contributed by atoms with van der Waals surface area (Å²) in [7, 11) is 0. The topological polar surface area (TPSA) is 26.0 Å². The van der Waals surface area contributed by atoms with Crippen LogP contribution in [-0.4, -0.2) is 6.26 Å². The molecule has 3 rings (SSSR count). The molecule has 0 fully saturated rings. The van der Waals surface area contributed by atoms with Crippen molar-refractivity contribution in [1.29, 1.82) is 0 Å². The number of fused-ring (bicyclic) bond motifs is 1. The van der Waals surface area contributed by atoms with E-state index in [9.17, 15) is 0 Å². The van der Waals surface area contributed by atoms with Crippen LogP contribution in [0.5, 0.6) is 0 Å². The van der Waals surface area contributed by atoms with Crippen molar-refractivity contribution in [1.82, 2.24) is 0 Å². The van der Waals surface area contributed by atoms with Crippen molar-refractivity contribution in [2.45, 2.75) is 10.9 Å². The molecule has 0 amide bonds. The molecule has 0 radical (unpaired) electrons. The first-order valence-corrected chi connectivity index (χ1v) is 9.15. The van der Waals surface area contributed by atoms with Crippen LogP contribution in [0.2, 0.25) is 0 Å². The third-order valence-corrected chi connectivity index (χ3v) is 6.11. The molecular weight excluding hydrogens is 350 g/mol. The summed E-state index contributed by atoms with van der Waals surface area (Å²) in [5, 5.41) is 3.41. The minimum atomic E-state index is -0.0750. The summed E-state index contributed by atoms with van der Waals surface area (Å²) in [5.41, 5.74) is 8.81. The fourth-order valence-electron chi connectivity index (χ4n) is 2.27. The van der Waals surface area contributed by atoms with Crippen molar-refractivity contribution in [3.05, 3.63) is 63.4 Å². The van der Waals surface area contributed by atoms with Gasteiger partial charge in [0.05, 0.1) is 6.04 Å². The second kappa shape index (κ2) is 5.90. The molecule has 20 heavy (non-hydrogen) atoms. The molecule has 1 nitrogen and oxygen atoms in total. The number of thiophene rings is 1. The van der Waals surface area contributed by atoms with Crippen molar-refractivity contribution >= 4 is 49.1 Å². The number of rotatable bonds is 3. The van der Waals surface area contributed by atoms with Gasteiger partial charge in [-0.15, -0.1) is 23.1 Å². The van der Waals surface area contributed by atoms with E-state index in [0.29, 0.717) is 0 Å². The predicted molar refractivity (Wildman–Crippen MR) is 93.8 cm³/mol. The highest BCUT2D eigenvalue weighted by Crippen LogP contribution is 2.36. The molecule has 4 heteroatoms. The first-order valence-electron chi connectivity index (χ1n) is 6.26. The largest absolute Gasteiger partial charge is 0.320 e. The highest BCUT2D eigenvalue weighted by atomic mass is 79.9. The van der Waals surface area contributed by atoms with Gasteiger partial charge in [-0.3, -0.25) is 0 Å². The van der Waals surface area contributed by atoms with Crippen LogP contribution in [0.15, 0.2) is 57.2 Å². The van der Waals surface area contributed by atoms with Crippen molar-refractivity contribution in [3.8, 4) is 0 Å². The molecule has 1 atom stereocenters. The molecule has 0 aliphatic rings. The van der Waals surface area contributed by atoms with E-state index in [1.54, 1.807) is 23.1 Å². The van der Waals surface area contributed by atoms with Gasteiger partial charge in [0.1, 0.15) is 0 Å². The van der Waals surface area contributed by atoms with Gasteiger partial charge in [-0.2, -0.15) is 0 Å². The fourth-order valence-corrected chi connectivity index (χ4v) is 4.34. The molecule has 102 valence electrons. The second-order valence-corrected chi connectivity index (χ2v) is 7.17. The van der Waals surface area contributed by atoms with E-state index >= 15 is 0 Å². The van der Waals surface area contributed by atoms with E-state index in [1.807, 2.05) is 0 Å². The molecule has 0 spiro atoms. The fraction of sp³-hybridized carbons (Fsp3) is 0.125. The molecule has 0 aliphatic heterocycles. The minimum Gasteiger partial charge on any atom is -0.320 e. The lowest BCUT2D eigenvalue weighted by Gasteiger charge is -2.12. The molecule has 2 N–H and O–H groups in total. The Morgan fingerprint density at radius 1 is 1.15 bits per heavy atom. The second-order valence-electron chi connectivity index (χ2n) is 4.56. The van der Waals surface area contributed by atoms with Crippen LogP contribution in [0.25, 0.3) is 10.1 Å². The summed E-state index contributed by atoms with van der Waals surface area (Å²) in [4.78, 5) is 1.26. The van der Waals surface area contributed by atoms with E-state index in [-0.39, 0.29) is 6.04 Å². The Labute approximate surface area is 135 Å². The molecule has 0 saturated heterocycles. The lowest BCUT2D eigenvalue weighted by atomic mass is 9.99. The van der Waals surface area contributed by atoms with Crippen molar-refractivity contribution in [2.24, 2.45) is 5.73 Å². The normalized spacial score (nSPS) is 12.8. The first-order chi connectivity index (χ1) is 9.70. The third kappa shape index (κ3) is 2.53. The zero-order valence-electron chi connectivity index (χ0n) is 11.0. The summed E-state index contributed by atoms with van der Waals surface area (Å²) in [5.74, 6) is 0. The SMILES string of the molecule is CSc1ccc(C(N)c2csc3c(Br)cccc23)cc1. The molecule has 0 aliphatic carbocycles. The van der Waals surface area contributed by atoms with Crippen LogP contribution in [-0.2, 0) is 0 Å². The molecule has 1 aromatic heterocycles. The summed E-state index contributed by atoms with van der Waals surface area (Å²) in [6.45, 7) is 0. The molecule has 0 bridgehead atoms. The van der Waals surface area contributed by atoms with Crippen LogP contribution in [0.4, 0.5) is 0 Å². The summed E-state index contributed by atoms with van der Waals surface area (Å²) < 4.78 is 2.40. The van der Waals surface area contributed by atoms with Crippen LogP contribution in [0, 0.1) is 0 Å². The van der Waals surface area contributed by atoms with E-state index in [2.05, 4.69) is 70.0 Å². The predicted octanol–water partition coefficient (Wildman–Crippen LogP) is 5.43. The standard InChI is InChI=1S/C16H14BrNS2/c1-19-11-7-5-10(6-8-11)15(18)13-9-20-16-12(13)3-2-4-14(16)17/h2-9,15H,18H2,1H3. The van der Waals surface area contributed by atoms with Gasteiger partial charge in [0.15, 0.2) is 0 Å². The Balaban J connectivity index is 2.03. The van der Waals surface area contributed by atoms with Gasteiger partial charge >= 0.3 is 0 Å². The number of thioether (sulfide) groups is 1. The maximum absolute atomic E-state index is 6.45. The number of nitrogens with two attached hydrogens (primary N) is 1. The highest BCUT2D eigenvalue weighted by Gasteiger charge is 2.14. The van der Waals surface area contributed by atoms with Crippen LogP contribution < -0.4 is 5.73 Å². The number of halogens is 1. The molecule has 0 saturated carbocycles.